The van der Waals surface area contributed by atoms with E-state index in [0.717, 1.165) is 20.5 Å². The number of urea groups is 1. The molecule has 0 radical (unpaired) electrons. The van der Waals surface area contributed by atoms with Gasteiger partial charge < -0.3 is 4.74 Å². The van der Waals surface area contributed by atoms with Crippen molar-refractivity contribution in [3.05, 3.63) is 97.9 Å². The Balaban J connectivity index is 1.56. The molecule has 1 N–H and O–H groups in total. The average Bonchev–Trinajstić information content (AvgIpc) is 2.77. The van der Waals surface area contributed by atoms with Crippen molar-refractivity contribution in [3.8, 4) is 5.75 Å². The van der Waals surface area contributed by atoms with E-state index in [9.17, 15) is 14.4 Å². The molecule has 0 unspecified atom stereocenters. The molecule has 1 aliphatic rings. The number of nitrogens with one attached hydrogen (secondary N) is 1. The van der Waals surface area contributed by atoms with Crippen LogP contribution in [0, 0.1) is 6.92 Å². The predicted octanol–water partition coefficient (Wildman–Crippen LogP) is 5.77. The standard InChI is InChI=1S/C25H18Br2N2O4/c1-15-3-2-4-19(11-15)29-24(31)20(23(30)28-25(29)32)12-17-7-10-22(21(27)13-17)33-14-16-5-8-18(26)9-6-16/h2-13H,14H2,1H3,(H,28,30,32)/b20-12+. The highest BCUT2D eigenvalue weighted by Crippen LogP contribution is 2.29. The van der Waals surface area contributed by atoms with Crippen LogP contribution in [0.25, 0.3) is 6.08 Å². The molecule has 0 spiro atoms. The fourth-order valence-electron chi connectivity index (χ4n) is 3.29. The zero-order chi connectivity index (χ0) is 23.5. The highest BCUT2D eigenvalue weighted by molar-refractivity contribution is 9.10. The molecule has 1 fully saturated rings. The Hall–Kier alpha value is -3.23. The quantitative estimate of drug-likeness (QED) is 0.313. The van der Waals surface area contributed by atoms with E-state index < -0.39 is 17.8 Å². The third-order valence-corrected chi connectivity index (χ3v) is 6.08. The Kier molecular flexibility index (Phi) is 6.76. The smallest absolute Gasteiger partial charge is 0.335 e. The molecule has 4 amide bonds. The van der Waals surface area contributed by atoms with Gasteiger partial charge in [0.05, 0.1) is 10.2 Å². The Labute approximate surface area is 207 Å². The summed E-state index contributed by atoms with van der Waals surface area (Å²) in [6, 6.07) is 19.2. The van der Waals surface area contributed by atoms with Crippen LogP contribution in [0.4, 0.5) is 10.5 Å². The number of aryl methyl sites for hydroxylation is 1. The number of carbonyl (C=O) groups is 3. The third kappa shape index (κ3) is 5.23. The van der Waals surface area contributed by atoms with Crippen molar-refractivity contribution in [2.24, 2.45) is 0 Å². The summed E-state index contributed by atoms with van der Waals surface area (Å²) < 4.78 is 7.53. The maximum atomic E-state index is 13.0. The predicted molar refractivity (Wildman–Crippen MR) is 133 cm³/mol. The van der Waals surface area contributed by atoms with Gasteiger partial charge in [-0.15, -0.1) is 0 Å². The summed E-state index contributed by atoms with van der Waals surface area (Å²) in [6.07, 6.45) is 1.45. The number of nitrogens with zero attached hydrogens (tertiary/aromatic N) is 1. The van der Waals surface area contributed by atoms with Gasteiger partial charge in [0.2, 0.25) is 0 Å². The Bertz CT molecular complexity index is 1290. The number of hydrogen-bond acceptors (Lipinski definition) is 4. The Morgan fingerprint density at radius 1 is 0.970 bits per heavy atom. The van der Waals surface area contributed by atoms with Crippen LogP contribution >= 0.6 is 31.9 Å². The lowest BCUT2D eigenvalue weighted by molar-refractivity contribution is -0.122. The molecule has 166 valence electrons. The first-order valence-electron chi connectivity index (χ1n) is 9.97. The molecule has 0 aliphatic carbocycles. The number of barbiturate groups is 1. The van der Waals surface area contributed by atoms with Crippen LogP contribution in [0.5, 0.6) is 5.75 Å². The van der Waals surface area contributed by atoms with Gasteiger partial charge in [-0.05, 0) is 82.0 Å². The number of benzene rings is 3. The molecule has 0 aromatic heterocycles. The van der Waals surface area contributed by atoms with E-state index >= 15 is 0 Å². The lowest BCUT2D eigenvalue weighted by Gasteiger charge is -2.26. The first-order chi connectivity index (χ1) is 15.8. The molecular weight excluding hydrogens is 552 g/mol. The monoisotopic (exact) mass is 568 g/mol. The van der Waals surface area contributed by atoms with Gasteiger partial charge in [0.25, 0.3) is 11.8 Å². The number of rotatable bonds is 5. The van der Waals surface area contributed by atoms with Gasteiger partial charge in [-0.3, -0.25) is 14.9 Å². The first-order valence-corrected chi connectivity index (χ1v) is 11.6. The van der Waals surface area contributed by atoms with E-state index in [-0.39, 0.29) is 5.57 Å². The SMILES string of the molecule is Cc1cccc(N2C(=O)NC(=O)/C(=C\c3ccc(OCc4ccc(Br)cc4)c(Br)c3)C2=O)c1. The number of halogens is 2. The summed E-state index contributed by atoms with van der Waals surface area (Å²) >= 11 is 6.89. The zero-order valence-electron chi connectivity index (χ0n) is 17.5. The van der Waals surface area contributed by atoms with Gasteiger partial charge in [-0.1, -0.05) is 46.3 Å². The summed E-state index contributed by atoms with van der Waals surface area (Å²) in [5.74, 6) is -0.794. The van der Waals surface area contributed by atoms with Crippen molar-refractivity contribution < 1.29 is 19.1 Å². The number of amides is 4. The van der Waals surface area contributed by atoms with Gasteiger partial charge in [-0.25, -0.2) is 9.69 Å². The second-order valence-electron chi connectivity index (χ2n) is 7.40. The number of carbonyl (C=O) groups excluding carboxylic acids is 3. The van der Waals surface area contributed by atoms with Gasteiger partial charge in [0, 0.05) is 4.47 Å². The minimum absolute atomic E-state index is 0.133. The molecular formula is C25H18Br2N2O4. The summed E-state index contributed by atoms with van der Waals surface area (Å²) in [4.78, 5) is 38.8. The van der Waals surface area contributed by atoms with Gasteiger partial charge >= 0.3 is 6.03 Å². The van der Waals surface area contributed by atoms with Crippen molar-refractivity contribution >= 4 is 61.5 Å². The minimum Gasteiger partial charge on any atom is -0.488 e. The zero-order valence-corrected chi connectivity index (χ0v) is 20.6. The van der Waals surface area contributed by atoms with Gasteiger partial charge in [0.15, 0.2) is 0 Å². The average molecular weight is 570 g/mol. The first kappa shape index (κ1) is 22.9. The Morgan fingerprint density at radius 3 is 2.42 bits per heavy atom. The van der Waals surface area contributed by atoms with Gasteiger partial charge in [0.1, 0.15) is 17.9 Å². The van der Waals surface area contributed by atoms with E-state index in [0.29, 0.717) is 28.1 Å². The molecule has 3 aromatic rings. The third-order valence-electron chi connectivity index (χ3n) is 4.94. The van der Waals surface area contributed by atoms with Crippen LogP contribution in [0.2, 0.25) is 0 Å². The summed E-state index contributed by atoms with van der Waals surface area (Å²) in [6.45, 7) is 2.25. The van der Waals surface area contributed by atoms with Crippen molar-refractivity contribution in [2.45, 2.75) is 13.5 Å². The minimum atomic E-state index is -0.773. The normalized spacial score (nSPS) is 15.1. The van der Waals surface area contributed by atoms with Crippen LogP contribution in [-0.2, 0) is 16.2 Å². The second-order valence-corrected chi connectivity index (χ2v) is 9.17. The molecule has 1 aliphatic heterocycles. The summed E-state index contributed by atoms with van der Waals surface area (Å²) in [5.41, 5.74) is 2.77. The summed E-state index contributed by atoms with van der Waals surface area (Å²) in [7, 11) is 0. The fourth-order valence-corrected chi connectivity index (χ4v) is 4.07. The number of hydrogen-bond donors (Lipinski definition) is 1. The van der Waals surface area contributed by atoms with Crippen LogP contribution in [0.15, 0.2) is 81.2 Å². The molecule has 0 saturated carbocycles. The van der Waals surface area contributed by atoms with Gasteiger partial charge in [-0.2, -0.15) is 0 Å². The van der Waals surface area contributed by atoms with E-state index in [4.69, 9.17) is 4.74 Å². The van der Waals surface area contributed by atoms with E-state index in [1.54, 1.807) is 36.4 Å². The van der Waals surface area contributed by atoms with Crippen molar-refractivity contribution in [3.63, 3.8) is 0 Å². The van der Waals surface area contributed by atoms with Crippen molar-refractivity contribution in [1.29, 1.82) is 0 Å². The molecule has 4 rings (SSSR count). The summed E-state index contributed by atoms with van der Waals surface area (Å²) in [5, 5.41) is 2.24. The maximum Gasteiger partial charge on any atom is 0.335 e. The molecule has 0 atom stereocenters. The van der Waals surface area contributed by atoms with Crippen LogP contribution < -0.4 is 15.0 Å². The van der Waals surface area contributed by atoms with E-state index in [1.807, 2.05) is 37.3 Å². The largest absolute Gasteiger partial charge is 0.488 e. The molecule has 6 nitrogen and oxygen atoms in total. The molecule has 8 heteroatoms. The fraction of sp³-hybridized carbons (Fsp3) is 0.0800. The second kappa shape index (κ2) is 9.72. The molecule has 33 heavy (non-hydrogen) atoms. The van der Waals surface area contributed by atoms with Crippen LogP contribution in [0.3, 0.4) is 0 Å². The van der Waals surface area contributed by atoms with Crippen LogP contribution in [0.1, 0.15) is 16.7 Å². The van der Waals surface area contributed by atoms with Crippen molar-refractivity contribution in [2.75, 3.05) is 4.90 Å². The highest BCUT2D eigenvalue weighted by Gasteiger charge is 2.36. The van der Waals surface area contributed by atoms with E-state index in [2.05, 4.69) is 37.2 Å². The number of anilines is 1. The maximum absolute atomic E-state index is 13.0. The number of ether oxygens (including phenoxy) is 1. The molecule has 1 saturated heterocycles. The topological polar surface area (TPSA) is 75.7 Å². The van der Waals surface area contributed by atoms with Crippen molar-refractivity contribution in [1.82, 2.24) is 5.32 Å². The lowest BCUT2D eigenvalue weighted by atomic mass is 10.1. The Morgan fingerprint density at radius 2 is 1.73 bits per heavy atom. The highest BCUT2D eigenvalue weighted by atomic mass is 79.9. The molecule has 1 heterocycles. The number of imide groups is 2. The van der Waals surface area contributed by atoms with Crippen LogP contribution in [-0.4, -0.2) is 17.8 Å². The molecule has 3 aromatic carbocycles. The molecule has 0 bridgehead atoms. The van der Waals surface area contributed by atoms with E-state index in [1.165, 1.54) is 6.08 Å². The lowest BCUT2D eigenvalue weighted by Crippen LogP contribution is -2.54.